The number of esters is 1. The highest BCUT2D eigenvalue weighted by Crippen LogP contribution is 2.14. The van der Waals surface area contributed by atoms with Crippen molar-refractivity contribution in [3.8, 4) is 23.3 Å². The molecule has 3 nitrogen and oxygen atoms in total. The van der Waals surface area contributed by atoms with Gasteiger partial charge < -0.3 is 9.47 Å². The monoisotopic (exact) mass is 292 g/mol. The summed E-state index contributed by atoms with van der Waals surface area (Å²) in [5, 5.41) is 0. The molecule has 0 radical (unpaired) electrons. The Labute approximate surface area is 130 Å². The molecule has 0 amide bonds. The Morgan fingerprint density at radius 3 is 1.77 bits per heavy atom. The minimum Gasteiger partial charge on any atom is -0.497 e. The molecular weight excluding hydrogens is 276 g/mol. The number of benzene rings is 2. The summed E-state index contributed by atoms with van der Waals surface area (Å²) >= 11 is 0. The predicted molar refractivity (Wildman–Crippen MR) is 85.9 cm³/mol. The summed E-state index contributed by atoms with van der Waals surface area (Å²) in [4.78, 5) is 11.4. The summed E-state index contributed by atoms with van der Waals surface area (Å²) in [6.45, 7) is 5.15. The lowest BCUT2D eigenvalue weighted by atomic mass is 10.2. The van der Waals surface area contributed by atoms with Crippen LogP contribution >= 0.6 is 0 Å². The maximum atomic E-state index is 11.4. The topological polar surface area (TPSA) is 35.5 Å². The molecule has 0 N–H and O–H groups in total. The molecule has 2 rings (SSSR count). The van der Waals surface area contributed by atoms with E-state index in [0.717, 1.165) is 16.9 Å². The third-order valence-electron chi connectivity index (χ3n) is 2.85. The maximum Gasteiger partial charge on any atom is 0.338 e. The molecular formula is C19H16O3. The van der Waals surface area contributed by atoms with Crippen LogP contribution in [0.5, 0.6) is 11.5 Å². The van der Waals surface area contributed by atoms with Gasteiger partial charge in [-0.3, -0.25) is 0 Å². The van der Waals surface area contributed by atoms with Crippen molar-refractivity contribution in [2.45, 2.75) is 6.92 Å². The fraction of sp³-hybridized carbons (Fsp3) is 0.105. The van der Waals surface area contributed by atoms with Crippen LogP contribution in [0.3, 0.4) is 0 Å². The largest absolute Gasteiger partial charge is 0.497 e. The van der Waals surface area contributed by atoms with Crippen molar-refractivity contribution in [3.05, 3.63) is 71.8 Å². The molecule has 0 fully saturated rings. The molecule has 0 aliphatic rings. The summed E-state index contributed by atoms with van der Waals surface area (Å²) in [5.74, 6) is 6.96. The van der Waals surface area contributed by atoms with Crippen LogP contribution in [0, 0.1) is 11.8 Å². The molecule has 110 valence electrons. The highest BCUT2D eigenvalue weighted by molar-refractivity contribution is 5.88. The van der Waals surface area contributed by atoms with E-state index in [4.69, 9.17) is 9.47 Å². The average molecular weight is 292 g/mol. The smallest absolute Gasteiger partial charge is 0.338 e. The van der Waals surface area contributed by atoms with E-state index < -0.39 is 5.97 Å². The lowest BCUT2D eigenvalue weighted by molar-refractivity contribution is -0.130. The van der Waals surface area contributed by atoms with Crippen LogP contribution in [-0.4, -0.2) is 13.1 Å². The Morgan fingerprint density at radius 1 is 0.909 bits per heavy atom. The van der Waals surface area contributed by atoms with E-state index in [-0.39, 0.29) is 0 Å². The molecule has 0 saturated carbocycles. The van der Waals surface area contributed by atoms with Gasteiger partial charge >= 0.3 is 5.97 Å². The van der Waals surface area contributed by atoms with Gasteiger partial charge in [-0.2, -0.15) is 0 Å². The molecule has 2 aromatic carbocycles. The zero-order chi connectivity index (χ0) is 15.9. The van der Waals surface area contributed by atoms with Crippen molar-refractivity contribution in [1.29, 1.82) is 0 Å². The predicted octanol–water partition coefficient (Wildman–Crippen LogP) is 3.58. The first-order chi connectivity index (χ1) is 10.6. The number of carbonyl (C=O) groups is 1. The van der Waals surface area contributed by atoms with Gasteiger partial charge in [0.2, 0.25) is 0 Å². The Bertz CT molecular complexity index is 729. The van der Waals surface area contributed by atoms with E-state index in [0.29, 0.717) is 11.3 Å². The van der Waals surface area contributed by atoms with E-state index in [1.165, 1.54) is 0 Å². The first kappa shape index (κ1) is 15.4. The van der Waals surface area contributed by atoms with Crippen molar-refractivity contribution in [2.75, 3.05) is 7.11 Å². The van der Waals surface area contributed by atoms with Gasteiger partial charge in [0.1, 0.15) is 11.5 Å². The highest BCUT2D eigenvalue weighted by atomic mass is 16.5. The van der Waals surface area contributed by atoms with Crippen molar-refractivity contribution >= 4 is 5.97 Å². The number of rotatable bonds is 3. The molecule has 0 heterocycles. The molecule has 2 aromatic rings. The molecule has 0 aliphatic heterocycles. The Hall–Kier alpha value is -2.99. The van der Waals surface area contributed by atoms with Gasteiger partial charge in [-0.05, 0) is 55.5 Å². The van der Waals surface area contributed by atoms with E-state index in [2.05, 4.69) is 18.4 Å². The molecule has 0 atom stereocenters. The van der Waals surface area contributed by atoms with Gasteiger partial charge in [0.05, 0.1) is 7.11 Å². The molecule has 0 aliphatic carbocycles. The lowest BCUT2D eigenvalue weighted by Crippen LogP contribution is -2.07. The maximum absolute atomic E-state index is 11.4. The van der Waals surface area contributed by atoms with Crippen molar-refractivity contribution in [1.82, 2.24) is 0 Å². The number of carbonyl (C=O) groups excluding carboxylic acids is 1. The molecule has 22 heavy (non-hydrogen) atoms. The average Bonchev–Trinajstić information content (AvgIpc) is 2.54. The second-order valence-corrected chi connectivity index (χ2v) is 4.67. The highest BCUT2D eigenvalue weighted by Gasteiger charge is 2.04. The van der Waals surface area contributed by atoms with Crippen molar-refractivity contribution in [3.63, 3.8) is 0 Å². The summed E-state index contributed by atoms with van der Waals surface area (Å²) in [6.07, 6.45) is 0. The number of methoxy groups -OCH3 is 1. The lowest BCUT2D eigenvalue weighted by Gasteiger charge is -2.03. The van der Waals surface area contributed by atoms with Crippen LogP contribution in [0.15, 0.2) is 60.7 Å². The summed E-state index contributed by atoms with van der Waals surface area (Å²) in [6, 6.07) is 14.5. The van der Waals surface area contributed by atoms with Gasteiger partial charge in [-0.15, -0.1) is 0 Å². The summed E-state index contributed by atoms with van der Waals surface area (Å²) in [7, 11) is 1.63. The second kappa shape index (κ2) is 7.14. The van der Waals surface area contributed by atoms with Gasteiger partial charge in [-0.1, -0.05) is 18.4 Å². The minimum absolute atomic E-state index is 0.364. The number of hydrogen-bond donors (Lipinski definition) is 0. The third-order valence-corrected chi connectivity index (χ3v) is 2.85. The number of hydrogen-bond acceptors (Lipinski definition) is 3. The standard InChI is InChI=1S/C19H16O3/c1-14(2)19(20)22-18-12-8-16(9-13-18)5-4-15-6-10-17(21-3)11-7-15/h6-13H,1H2,2-3H3. The molecule has 0 bridgehead atoms. The first-order valence-electron chi connectivity index (χ1n) is 6.72. The van der Waals surface area contributed by atoms with E-state index in [1.54, 1.807) is 38.3 Å². The fourth-order valence-electron chi connectivity index (χ4n) is 1.62. The fourth-order valence-corrected chi connectivity index (χ4v) is 1.62. The second-order valence-electron chi connectivity index (χ2n) is 4.67. The molecule has 0 saturated heterocycles. The Balaban J connectivity index is 2.06. The first-order valence-corrected chi connectivity index (χ1v) is 6.72. The van der Waals surface area contributed by atoms with Crippen LogP contribution < -0.4 is 9.47 Å². The SMILES string of the molecule is C=C(C)C(=O)Oc1ccc(C#Cc2ccc(OC)cc2)cc1. The van der Waals surface area contributed by atoms with Crippen LogP contribution in [0.2, 0.25) is 0 Å². The van der Waals surface area contributed by atoms with E-state index >= 15 is 0 Å². The number of ether oxygens (including phenoxy) is 2. The van der Waals surface area contributed by atoms with Crippen molar-refractivity contribution < 1.29 is 14.3 Å². The van der Waals surface area contributed by atoms with Gasteiger partial charge in [0.25, 0.3) is 0 Å². The zero-order valence-corrected chi connectivity index (χ0v) is 12.6. The summed E-state index contributed by atoms with van der Waals surface area (Å²) in [5.41, 5.74) is 2.10. The van der Waals surface area contributed by atoms with E-state index in [1.807, 2.05) is 24.3 Å². The molecule has 0 spiro atoms. The molecule has 0 aromatic heterocycles. The van der Waals surface area contributed by atoms with Crippen molar-refractivity contribution in [2.24, 2.45) is 0 Å². The van der Waals surface area contributed by atoms with Crippen LogP contribution in [0.25, 0.3) is 0 Å². The third kappa shape index (κ3) is 4.26. The molecule has 3 heteroatoms. The van der Waals surface area contributed by atoms with Gasteiger partial charge in [0, 0.05) is 16.7 Å². The van der Waals surface area contributed by atoms with Gasteiger partial charge in [0.15, 0.2) is 0 Å². The summed E-state index contributed by atoms with van der Waals surface area (Å²) < 4.78 is 10.2. The van der Waals surface area contributed by atoms with Crippen LogP contribution in [-0.2, 0) is 4.79 Å². The minimum atomic E-state index is -0.433. The Morgan fingerprint density at radius 2 is 1.36 bits per heavy atom. The van der Waals surface area contributed by atoms with E-state index in [9.17, 15) is 4.79 Å². The van der Waals surface area contributed by atoms with Crippen LogP contribution in [0.1, 0.15) is 18.1 Å². The van der Waals surface area contributed by atoms with Gasteiger partial charge in [-0.25, -0.2) is 4.79 Å². The quantitative estimate of drug-likeness (QED) is 0.375. The molecule has 0 unspecified atom stereocenters. The van der Waals surface area contributed by atoms with Crippen LogP contribution in [0.4, 0.5) is 0 Å². The Kier molecular flexibility index (Phi) is 5.00. The normalized spacial score (nSPS) is 9.36. The zero-order valence-electron chi connectivity index (χ0n) is 12.6.